The molecule has 16 atom stereocenters. The first-order valence-electron chi connectivity index (χ1n) is 23.7. The van der Waals surface area contributed by atoms with Crippen LogP contribution in [0.4, 0.5) is 8.78 Å². The van der Waals surface area contributed by atoms with Crippen LogP contribution in [0, 0.1) is 51.2 Å². The van der Waals surface area contributed by atoms with Crippen LogP contribution in [0.15, 0.2) is 47.6 Å². The molecule has 13 nitrogen and oxygen atoms in total. The van der Waals surface area contributed by atoms with Crippen LogP contribution >= 0.6 is 0 Å². The monoisotopic (exact) mass is 924 g/mol. The number of hydrogen-bond acceptors (Lipinski definition) is 13. The number of carbonyl (C=O) groups excluding carboxylic acids is 6. The number of hydrogen-bond donors (Lipinski definition) is 3. The quantitative estimate of drug-likeness (QED) is 0.246. The van der Waals surface area contributed by atoms with Crippen LogP contribution < -0.4 is 0 Å². The van der Waals surface area contributed by atoms with E-state index in [-0.39, 0.29) is 72.4 Å². The van der Waals surface area contributed by atoms with E-state index in [0.29, 0.717) is 19.3 Å². The molecule has 3 N–H and O–H groups in total. The van der Waals surface area contributed by atoms with E-state index in [4.69, 9.17) is 18.9 Å². The third kappa shape index (κ3) is 6.65. The number of allylic oxidation sites excluding steroid dienone is 8. The zero-order chi connectivity index (χ0) is 48.4. The Labute approximate surface area is 384 Å². The van der Waals surface area contributed by atoms with Crippen LogP contribution in [0.25, 0.3) is 0 Å². The van der Waals surface area contributed by atoms with Gasteiger partial charge in [-0.15, -0.1) is 0 Å². The predicted octanol–water partition coefficient (Wildman–Crippen LogP) is 5.85. The average Bonchev–Trinajstić information content (AvgIpc) is 3.78. The molecule has 0 bridgehead atoms. The molecule has 9 rings (SSSR count). The molecule has 0 spiro atoms. The molecule has 0 unspecified atom stereocenters. The molecule has 0 amide bonds. The molecule has 0 aromatic rings. The first-order chi connectivity index (χ1) is 30.7. The molecule has 1 aliphatic heterocycles. The van der Waals surface area contributed by atoms with E-state index in [9.17, 15) is 44.1 Å². The number of esters is 2. The Bertz CT molecular complexity index is 2230. The van der Waals surface area contributed by atoms with Gasteiger partial charge in [-0.2, -0.15) is 0 Å². The zero-order valence-corrected chi connectivity index (χ0v) is 39.3. The minimum atomic E-state index is -2.30. The van der Waals surface area contributed by atoms with Crippen molar-refractivity contribution in [2.45, 2.75) is 167 Å². The molecule has 0 aromatic carbocycles. The van der Waals surface area contributed by atoms with E-state index in [1.807, 2.05) is 13.0 Å². The van der Waals surface area contributed by atoms with E-state index < -0.39 is 112 Å². The van der Waals surface area contributed by atoms with Gasteiger partial charge < -0.3 is 34.3 Å². The summed E-state index contributed by atoms with van der Waals surface area (Å²) in [6.07, 6.45) is 7.82. The molecule has 6 saturated carbocycles. The number of aliphatic hydroxyl groups is 3. The fraction of sp³-hybridized carbons (Fsp3) is 0.725. The minimum absolute atomic E-state index is 0.0148. The number of ether oxygens (including phenoxy) is 4. The van der Waals surface area contributed by atoms with Crippen LogP contribution in [-0.4, -0.2) is 111 Å². The van der Waals surface area contributed by atoms with Crippen LogP contribution in [0.3, 0.4) is 0 Å². The van der Waals surface area contributed by atoms with Gasteiger partial charge in [0.15, 0.2) is 46.6 Å². The maximum atomic E-state index is 17.2. The molecule has 8 aliphatic carbocycles. The van der Waals surface area contributed by atoms with Gasteiger partial charge in [-0.1, -0.05) is 45.4 Å². The Hall–Kier alpha value is -3.76. The minimum Gasteiger partial charge on any atom is -0.458 e. The Morgan fingerprint density at radius 2 is 1.56 bits per heavy atom. The van der Waals surface area contributed by atoms with Crippen LogP contribution in [0.1, 0.15) is 120 Å². The number of rotatable bonds is 8. The van der Waals surface area contributed by atoms with Crippen molar-refractivity contribution in [2.75, 3.05) is 13.2 Å². The largest absolute Gasteiger partial charge is 0.458 e. The number of aliphatic hydroxyl groups excluding tert-OH is 3. The molecular weight excluding hydrogens is 859 g/mol. The highest BCUT2D eigenvalue weighted by Gasteiger charge is 2.78. The van der Waals surface area contributed by atoms with Gasteiger partial charge in [0.2, 0.25) is 5.78 Å². The van der Waals surface area contributed by atoms with Gasteiger partial charge in [-0.3, -0.25) is 28.8 Å². The third-order valence-electron chi connectivity index (χ3n) is 18.4. The predicted molar refractivity (Wildman–Crippen MR) is 232 cm³/mol. The van der Waals surface area contributed by atoms with Crippen molar-refractivity contribution in [3.8, 4) is 0 Å². The highest BCUT2D eigenvalue weighted by Crippen LogP contribution is 2.72. The summed E-state index contributed by atoms with van der Waals surface area (Å²) in [5.74, 6) is -4.91. The van der Waals surface area contributed by atoms with Crippen LogP contribution in [0.2, 0.25) is 0 Å². The molecule has 0 radical (unpaired) electrons. The van der Waals surface area contributed by atoms with E-state index in [0.717, 1.165) is 31.4 Å². The summed E-state index contributed by atoms with van der Waals surface area (Å²) in [6.45, 7) is 12.7. The van der Waals surface area contributed by atoms with Gasteiger partial charge in [0, 0.05) is 46.8 Å². The van der Waals surface area contributed by atoms with E-state index >= 15 is 8.78 Å². The van der Waals surface area contributed by atoms with Crippen molar-refractivity contribution < 1.29 is 71.8 Å². The molecule has 1 saturated heterocycles. The van der Waals surface area contributed by atoms with Crippen molar-refractivity contribution in [3.05, 3.63) is 47.6 Å². The number of ketones is 4. The van der Waals surface area contributed by atoms with E-state index in [1.165, 1.54) is 19.1 Å². The van der Waals surface area contributed by atoms with Gasteiger partial charge in [-0.05, 0) is 126 Å². The van der Waals surface area contributed by atoms with Crippen molar-refractivity contribution in [1.82, 2.24) is 0 Å². The van der Waals surface area contributed by atoms with Crippen molar-refractivity contribution in [2.24, 2.45) is 51.2 Å². The maximum absolute atomic E-state index is 17.2. The number of alkyl halides is 2. The van der Waals surface area contributed by atoms with Gasteiger partial charge in [0.1, 0.15) is 12.8 Å². The fourth-order valence-electron chi connectivity index (χ4n) is 15.6. The normalized spacial score (nSPS) is 46.7. The Morgan fingerprint density at radius 1 is 0.879 bits per heavy atom. The molecule has 362 valence electrons. The number of halogens is 2. The lowest BCUT2D eigenvalue weighted by atomic mass is 9.44. The second-order valence-corrected chi connectivity index (χ2v) is 22.0. The lowest BCUT2D eigenvalue weighted by molar-refractivity contribution is -0.229. The highest BCUT2D eigenvalue weighted by molar-refractivity contribution is 6.02. The molecule has 7 fully saturated rings. The molecule has 9 aliphatic rings. The lowest BCUT2D eigenvalue weighted by Gasteiger charge is -2.63. The molecule has 15 heteroatoms. The van der Waals surface area contributed by atoms with Crippen LogP contribution in [0.5, 0.6) is 0 Å². The number of Topliss-reactive ketones (excluding diaryl/α,β-unsaturated/α-hetero) is 2. The summed E-state index contributed by atoms with van der Waals surface area (Å²) < 4.78 is 56.2. The SMILES string of the molecule is CC1(C)O[C@@H]2C[C@H]3[C@@H]4CCC5=CC(=O)C=C[C@]5(C)[C@H]4[C@@H](O)C[C@]3(C)[C@]2(C(=O)CO)O1.CCCC(=O)O[C@]1(C(=O)COC(C)=O)CC[C@H]2[C@@H]3C[C@H](F)C4=CC(=O)C=C[C@]4(C)[C@@]3(F)[C@@H](O)C[C@@]21C. The molecule has 66 heavy (non-hydrogen) atoms. The Balaban J connectivity index is 0.000000182. The first kappa shape index (κ1) is 48.7. The zero-order valence-electron chi connectivity index (χ0n) is 39.3. The van der Waals surface area contributed by atoms with Crippen molar-refractivity contribution >= 4 is 35.1 Å². The number of carbonyl (C=O) groups is 6. The van der Waals surface area contributed by atoms with E-state index in [1.54, 1.807) is 39.8 Å². The van der Waals surface area contributed by atoms with Gasteiger partial charge in [-0.25, -0.2) is 8.78 Å². The summed E-state index contributed by atoms with van der Waals surface area (Å²) in [5.41, 5.74) is -7.92. The van der Waals surface area contributed by atoms with E-state index in [2.05, 4.69) is 6.92 Å². The van der Waals surface area contributed by atoms with Crippen LogP contribution in [-0.2, 0) is 47.7 Å². The molecular formula is C51H66F2O13. The standard InChI is InChI=1S/C27H34F2O7.C24H32O6/c1-5-6-23(34)36-26(22(33)14-35-15(2)30)10-8-17-18-12-20(28)19-11-16(31)7-9-24(19,3)27(18,29)21(32)13-25(17,26)4;1-21(2)29-19-10-16-15-6-5-13-9-14(26)7-8-22(13,3)20(15)17(27)11-23(16,4)24(19,30-21)18(28)12-25/h7,9,11,17-18,20-21,32H,5-6,8,10,12-14H2,1-4H3;7-9,15-17,19-20,25,27H,5-6,10-12H2,1-4H3/t17-,18-,20-,21-,24-,25-,26-,27-;15-,16-,17-,19+,20+,22-,23-,24+/m00/s1. The summed E-state index contributed by atoms with van der Waals surface area (Å²) in [7, 11) is 0. The second kappa shape index (κ2) is 16.2. The second-order valence-electron chi connectivity index (χ2n) is 22.0. The lowest BCUT2D eigenvalue weighted by Crippen LogP contribution is -2.70. The first-order valence-corrected chi connectivity index (χ1v) is 23.7. The van der Waals surface area contributed by atoms with Gasteiger partial charge in [0.05, 0.1) is 18.3 Å². The number of fused-ring (bicyclic) bond motifs is 12. The summed E-state index contributed by atoms with van der Waals surface area (Å²) in [6, 6.07) is 0. The Morgan fingerprint density at radius 3 is 2.23 bits per heavy atom. The van der Waals surface area contributed by atoms with Crippen molar-refractivity contribution in [1.29, 1.82) is 0 Å². The summed E-state index contributed by atoms with van der Waals surface area (Å²) in [5, 5.41) is 32.7. The topological polar surface area (TPSA) is 200 Å². The molecule has 1 heterocycles. The maximum Gasteiger partial charge on any atom is 0.306 e. The van der Waals surface area contributed by atoms with Crippen molar-refractivity contribution in [3.63, 3.8) is 0 Å². The van der Waals surface area contributed by atoms with Gasteiger partial charge in [0.25, 0.3) is 0 Å². The fourth-order valence-corrected chi connectivity index (χ4v) is 15.6. The average molecular weight is 925 g/mol. The Kier molecular flexibility index (Phi) is 11.9. The van der Waals surface area contributed by atoms with Gasteiger partial charge >= 0.3 is 11.9 Å². The third-order valence-corrected chi connectivity index (χ3v) is 18.4. The summed E-state index contributed by atoms with van der Waals surface area (Å²) >= 11 is 0. The highest BCUT2D eigenvalue weighted by atomic mass is 19.1. The molecule has 0 aromatic heterocycles. The smallest absolute Gasteiger partial charge is 0.306 e. The summed E-state index contributed by atoms with van der Waals surface area (Å²) in [4.78, 5) is 74.7.